The number of rotatable bonds is 3. The highest BCUT2D eigenvalue weighted by Crippen LogP contribution is 2.23. The molecule has 2 heterocycles. The maximum Gasteiger partial charge on any atom is 0.227 e. The minimum absolute atomic E-state index is 0.605. The molecule has 0 bridgehead atoms. The average molecular weight is 274 g/mol. The molecule has 1 aromatic heterocycles. The van der Waals surface area contributed by atoms with Gasteiger partial charge in [0, 0.05) is 25.3 Å². The van der Waals surface area contributed by atoms with E-state index in [-0.39, 0.29) is 0 Å². The largest absolute Gasteiger partial charge is 0.367 e. The molecule has 0 amide bonds. The fourth-order valence-corrected chi connectivity index (χ4v) is 3.25. The van der Waals surface area contributed by atoms with Crippen LogP contribution in [-0.2, 0) is 0 Å². The lowest BCUT2D eigenvalue weighted by Crippen LogP contribution is -2.34. The van der Waals surface area contributed by atoms with Crippen LogP contribution < -0.4 is 10.2 Å². The van der Waals surface area contributed by atoms with Crippen molar-refractivity contribution in [1.82, 2.24) is 9.97 Å². The van der Waals surface area contributed by atoms with E-state index < -0.39 is 0 Å². The first-order chi connectivity index (χ1) is 9.81. The van der Waals surface area contributed by atoms with Gasteiger partial charge in [0.2, 0.25) is 5.95 Å². The van der Waals surface area contributed by atoms with Crippen molar-refractivity contribution in [3.63, 3.8) is 0 Å². The predicted molar refractivity (Wildman–Crippen MR) is 83.1 cm³/mol. The van der Waals surface area contributed by atoms with Gasteiger partial charge in [-0.2, -0.15) is 4.98 Å². The number of hydrogen-bond donors (Lipinski definition) is 1. The lowest BCUT2D eigenvalue weighted by molar-refractivity contribution is 0.434. The molecular formula is C16H26N4. The van der Waals surface area contributed by atoms with Gasteiger partial charge in [-0.25, -0.2) is 4.98 Å². The molecule has 1 N–H and O–H groups in total. The number of nitrogens with zero attached hydrogens (tertiary/aromatic N) is 3. The van der Waals surface area contributed by atoms with Gasteiger partial charge in [-0.15, -0.1) is 0 Å². The lowest BCUT2D eigenvalue weighted by Gasteiger charge is -2.30. The minimum Gasteiger partial charge on any atom is -0.367 e. The molecule has 0 spiro atoms. The third-order valence-corrected chi connectivity index (χ3v) is 4.67. The maximum absolute atomic E-state index is 4.72. The second-order valence-electron chi connectivity index (χ2n) is 6.39. The smallest absolute Gasteiger partial charge is 0.227 e. The van der Waals surface area contributed by atoms with E-state index in [1.165, 1.54) is 44.9 Å². The van der Waals surface area contributed by atoms with Gasteiger partial charge in [0.05, 0.1) is 0 Å². The molecule has 1 aliphatic carbocycles. The molecule has 1 aromatic rings. The Morgan fingerprint density at radius 1 is 1.10 bits per heavy atom. The highest BCUT2D eigenvalue weighted by Gasteiger charge is 2.19. The molecule has 3 rings (SSSR count). The van der Waals surface area contributed by atoms with Crippen LogP contribution in [0, 0.1) is 5.92 Å². The summed E-state index contributed by atoms with van der Waals surface area (Å²) in [5, 5.41) is 3.59. The molecule has 4 nitrogen and oxygen atoms in total. The quantitative estimate of drug-likeness (QED) is 0.916. The first-order valence-electron chi connectivity index (χ1n) is 8.16. The van der Waals surface area contributed by atoms with Crippen molar-refractivity contribution in [1.29, 1.82) is 0 Å². The van der Waals surface area contributed by atoms with Gasteiger partial charge in [-0.1, -0.05) is 26.2 Å². The molecule has 0 aromatic carbocycles. The molecule has 1 aliphatic heterocycles. The van der Waals surface area contributed by atoms with E-state index in [4.69, 9.17) is 4.98 Å². The molecule has 1 saturated carbocycles. The zero-order chi connectivity index (χ0) is 13.8. The van der Waals surface area contributed by atoms with Crippen LogP contribution in [0.3, 0.4) is 0 Å². The van der Waals surface area contributed by atoms with Crippen LogP contribution in [0.1, 0.15) is 51.9 Å². The number of hydrogen-bond acceptors (Lipinski definition) is 4. The zero-order valence-electron chi connectivity index (χ0n) is 12.5. The molecule has 4 heteroatoms. The van der Waals surface area contributed by atoms with Crippen molar-refractivity contribution in [3.8, 4) is 0 Å². The molecule has 2 aliphatic rings. The summed E-state index contributed by atoms with van der Waals surface area (Å²) in [6.45, 7) is 4.52. The summed E-state index contributed by atoms with van der Waals surface area (Å²) < 4.78 is 0. The van der Waals surface area contributed by atoms with Crippen molar-refractivity contribution >= 4 is 11.8 Å². The minimum atomic E-state index is 0.605. The van der Waals surface area contributed by atoms with Crippen LogP contribution in [0.4, 0.5) is 11.8 Å². The van der Waals surface area contributed by atoms with Gasteiger partial charge in [-0.05, 0) is 37.7 Å². The summed E-state index contributed by atoms with van der Waals surface area (Å²) in [5.74, 6) is 2.74. The average Bonchev–Trinajstić information content (AvgIpc) is 2.49. The summed E-state index contributed by atoms with van der Waals surface area (Å²) >= 11 is 0. The highest BCUT2D eigenvalue weighted by atomic mass is 15.3. The third kappa shape index (κ3) is 3.41. The summed E-state index contributed by atoms with van der Waals surface area (Å²) in [6, 6.07) is 2.61. The second-order valence-corrected chi connectivity index (χ2v) is 6.39. The standard InChI is InChI=1S/C16H26N4/c1-13-8-11-20(12-9-13)16-17-10-7-15(19-16)18-14-5-3-2-4-6-14/h7,10,13-14H,2-6,8-9,11-12H2,1H3,(H,17,18,19). The van der Waals surface area contributed by atoms with Crippen molar-refractivity contribution in [3.05, 3.63) is 12.3 Å². The zero-order valence-corrected chi connectivity index (χ0v) is 12.5. The third-order valence-electron chi connectivity index (χ3n) is 4.67. The van der Waals surface area contributed by atoms with Crippen LogP contribution in [0.15, 0.2) is 12.3 Å². The van der Waals surface area contributed by atoms with Crippen molar-refractivity contribution in [2.75, 3.05) is 23.3 Å². The monoisotopic (exact) mass is 274 g/mol. The van der Waals surface area contributed by atoms with Gasteiger partial charge < -0.3 is 10.2 Å². The van der Waals surface area contributed by atoms with Gasteiger partial charge in [0.1, 0.15) is 5.82 Å². The van der Waals surface area contributed by atoms with E-state index in [1.807, 2.05) is 12.3 Å². The molecule has 110 valence electrons. The van der Waals surface area contributed by atoms with E-state index in [9.17, 15) is 0 Å². The van der Waals surface area contributed by atoms with Crippen LogP contribution in [0.5, 0.6) is 0 Å². The SMILES string of the molecule is CC1CCN(c2nccc(NC3CCCCC3)n2)CC1. The van der Waals surface area contributed by atoms with E-state index in [1.54, 1.807) is 0 Å². The van der Waals surface area contributed by atoms with E-state index >= 15 is 0 Å². The lowest BCUT2D eigenvalue weighted by atomic mass is 9.95. The number of piperidine rings is 1. The predicted octanol–water partition coefficient (Wildman–Crippen LogP) is 3.46. The Labute approximate surface area is 122 Å². The van der Waals surface area contributed by atoms with Gasteiger partial charge in [-0.3, -0.25) is 0 Å². The van der Waals surface area contributed by atoms with Crippen LogP contribution in [-0.4, -0.2) is 29.1 Å². The Morgan fingerprint density at radius 2 is 1.85 bits per heavy atom. The Balaban J connectivity index is 1.63. The van der Waals surface area contributed by atoms with Crippen LogP contribution >= 0.6 is 0 Å². The summed E-state index contributed by atoms with van der Waals surface area (Å²) in [7, 11) is 0. The molecular weight excluding hydrogens is 248 g/mol. The van der Waals surface area contributed by atoms with Crippen LogP contribution in [0.25, 0.3) is 0 Å². The van der Waals surface area contributed by atoms with Crippen LogP contribution in [0.2, 0.25) is 0 Å². The Morgan fingerprint density at radius 3 is 2.60 bits per heavy atom. The van der Waals surface area contributed by atoms with E-state index in [0.29, 0.717) is 6.04 Å². The fourth-order valence-electron chi connectivity index (χ4n) is 3.25. The maximum atomic E-state index is 4.72. The van der Waals surface area contributed by atoms with Gasteiger partial charge in [0.15, 0.2) is 0 Å². The second kappa shape index (κ2) is 6.42. The summed E-state index contributed by atoms with van der Waals surface area (Å²) in [4.78, 5) is 11.5. The molecule has 0 atom stereocenters. The first kappa shape index (κ1) is 13.7. The van der Waals surface area contributed by atoms with Gasteiger partial charge >= 0.3 is 0 Å². The summed E-state index contributed by atoms with van der Waals surface area (Å²) in [6.07, 6.45) is 11.0. The highest BCUT2D eigenvalue weighted by molar-refractivity contribution is 5.42. The molecule has 0 radical (unpaired) electrons. The van der Waals surface area contributed by atoms with Gasteiger partial charge in [0.25, 0.3) is 0 Å². The molecule has 2 fully saturated rings. The fraction of sp³-hybridized carbons (Fsp3) is 0.750. The molecule has 20 heavy (non-hydrogen) atoms. The normalized spacial score (nSPS) is 21.9. The Bertz CT molecular complexity index is 420. The molecule has 1 saturated heterocycles. The number of nitrogens with one attached hydrogen (secondary N) is 1. The van der Waals surface area contributed by atoms with Crippen molar-refractivity contribution in [2.45, 2.75) is 57.9 Å². The van der Waals surface area contributed by atoms with E-state index in [0.717, 1.165) is 30.8 Å². The van der Waals surface area contributed by atoms with Crippen molar-refractivity contribution in [2.24, 2.45) is 5.92 Å². The Hall–Kier alpha value is -1.32. The first-order valence-corrected chi connectivity index (χ1v) is 8.16. The van der Waals surface area contributed by atoms with Crippen molar-refractivity contribution < 1.29 is 0 Å². The topological polar surface area (TPSA) is 41.1 Å². The van der Waals surface area contributed by atoms with E-state index in [2.05, 4.69) is 22.1 Å². The number of aromatic nitrogens is 2. The molecule has 0 unspecified atom stereocenters. The number of anilines is 2. The summed E-state index contributed by atoms with van der Waals surface area (Å²) in [5.41, 5.74) is 0. The Kier molecular flexibility index (Phi) is 4.38.